The first-order valence-electron chi connectivity index (χ1n) is 8.41. The molecule has 2 aliphatic heterocycles. The number of benzene rings is 1. The van der Waals surface area contributed by atoms with Crippen molar-refractivity contribution < 1.29 is 4.79 Å². The van der Waals surface area contributed by atoms with Crippen LogP contribution in [-0.2, 0) is 11.2 Å². The van der Waals surface area contributed by atoms with Crippen LogP contribution in [0.15, 0.2) is 36.5 Å². The van der Waals surface area contributed by atoms with Gasteiger partial charge in [-0.3, -0.25) is 4.79 Å². The Bertz CT molecular complexity index is 755. The molecule has 1 saturated heterocycles. The summed E-state index contributed by atoms with van der Waals surface area (Å²) in [6, 6.07) is 10.4. The second-order valence-electron chi connectivity index (χ2n) is 6.24. The summed E-state index contributed by atoms with van der Waals surface area (Å²) in [5.74, 6) is 1.84. The second-order valence-corrected chi connectivity index (χ2v) is 6.24. The minimum atomic E-state index is 0.145. The smallest absolute Gasteiger partial charge is 0.231 e. The number of rotatable bonds is 2. The van der Waals surface area contributed by atoms with E-state index < -0.39 is 0 Å². The highest BCUT2D eigenvalue weighted by atomic mass is 16.2. The molecule has 0 radical (unpaired) electrons. The molecule has 124 valence electrons. The summed E-state index contributed by atoms with van der Waals surface area (Å²) >= 11 is 0. The van der Waals surface area contributed by atoms with Gasteiger partial charge in [-0.15, -0.1) is 0 Å². The number of anilines is 3. The first kappa shape index (κ1) is 14.9. The van der Waals surface area contributed by atoms with Gasteiger partial charge in [-0.05, 0) is 24.1 Å². The Kier molecular flexibility index (Phi) is 3.80. The molecule has 0 spiro atoms. The first-order valence-corrected chi connectivity index (χ1v) is 8.41. The highest BCUT2D eigenvalue weighted by molar-refractivity contribution is 5.73. The molecular formula is C18H21N5O. The van der Waals surface area contributed by atoms with Gasteiger partial charge in [0.05, 0.1) is 0 Å². The highest BCUT2D eigenvalue weighted by Crippen LogP contribution is 2.32. The van der Waals surface area contributed by atoms with Crippen molar-refractivity contribution in [2.24, 2.45) is 0 Å². The number of piperazine rings is 1. The molecule has 4 rings (SSSR count). The van der Waals surface area contributed by atoms with E-state index in [0.29, 0.717) is 0 Å². The van der Waals surface area contributed by atoms with Crippen LogP contribution in [0, 0.1) is 0 Å². The summed E-state index contributed by atoms with van der Waals surface area (Å²) in [4.78, 5) is 27.0. The minimum Gasteiger partial charge on any atom is -0.353 e. The summed E-state index contributed by atoms with van der Waals surface area (Å²) in [7, 11) is 0. The zero-order valence-corrected chi connectivity index (χ0v) is 13.9. The number of fused-ring (bicyclic) bond motifs is 1. The van der Waals surface area contributed by atoms with Crippen LogP contribution in [0.25, 0.3) is 0 Å². The third kappa shape index (κ3) is 2.68. The molecule has 1 amide bonds. The van der Waals surface area contributed by atoms with Crippen molar-refractivity contribution in [3.63, 3.8) is 0 Å². The lowest BCUT2D eigenvalue weighted by Crippen LogP contribution is -2.48. The van der Waals surface area contributed by atoms with Crippen molar-refractivity contribution in [1.82, 2.24) is 14.9 Å². The Hall–Kier alpha value is -2.63. The third-order valence-corrected chi connectivity index (χ3v) is 4.81. The molecule has 1 fully saturated rings. The van der Waals surface area contributed by atoms with Crippen LogP contribution in [0.4, 0.5) is 17.5 Å². The van der Waals surface area contributed by atoms with E-state index in [-0.39, 0.29) is 5.91 Å². The van der Waals surface area contributed by atoms with Crippen molar-refractivity contribution in [2.45, 2.75) is 13.3 Å². The van der Waals surface area contributed by atoms with Gasteiger partial charge in [0.2, 0.25) is 11.9 Å². The molecule has 2 aromatic rings. The van der Waals surface area contributed by atoms with Crippen LogP contribution in [0.3, 0.4) is 0 Å². The predicted octanol–water partition coefficient (Wildman–Crippen LogP) is 1.84. The molecule has 0 atom stereocenters. The van der Waals surface area contributed by atoms with Gasteiger partial charge in [0.1, 0.15) is 5.82 Å². The van der Waals surface area contributed by atoms with Crippen molar-refractivity contribution >= 4 is 23.4 Å². The average Bonchev–Trinajstić information content (AvgIpc) is 3.06. The van der Waals surface area contributed by atoms with E-state index in [0.717, 1.165) is 50.9 Å². The van der Waals surface area contributed by atoms with Crippen LogP contribution in [0.5, 0.6) is 0 Å². The Morgan fingerprint density at radius 2 is 1.83 bits per heavy atom. The Balaban J connectivity index is 1.54. The van der Waals surface area contributed by atoms with Gasteiger partial charge in [0.15, 0.2) is 0 Å². The quantitative estimate of drug-likeness (QED) is 0.844. The van der Waals surface area contributed by atoms with Crippen LogP contribution in [0.1, 0.15) is 12.5 Å². The van der Waals surface area contributed by atoms with Crippen molar-refractivity contribution in [2.75, 3.05) is 42.5 Å². The molecule has 6 heteroatoms. The first-order chi connectivity index (χ1) is 11.7. The zero-order valence-electron chi connectivity index (χ0n) is 13.9. The number of nitrogens with zero attached hydrogens (tertiary/aromatic N) is 5. The van der Waals surface area contributed by atoms with E-state index in [4.69, 9.17) is 4.98 Å². The molecular weight excluding hydrogens is 302 g/mol. The lowest BCUT2D eigenvalue weighted by Gasteiger charge is -2.35. The van der Waals surface area contributed by atoms with Gasteiger partial charge in [-0.2, -0.15) is 4.98 Å². The number of carbonyl (C=O) groups excluding carboxylic acids is 1. The molecule has 2 aliphatic rings. The fourth-order valence-electron chi connectivity index (χ4n) is 3.44. The lowest BCUT2D eigenvalue weighted by molar-refractivity contribution is -0.129. The van der Waals surface area contributed by atoms with Gasteiger partial charge in [-0.25, -0.2) is 4.98 Å². The Morgan fingerprint density at radius 1 is 1.04 bits per heavy atom. The summed E-state index contributed by atoms with van der Waals surface area (Å²) < 4.78 is 0. The molecule has 6 nitrogen and oxygen atoms in total. The largest absolute Gasteiger partial charge is 0.353 e. The number of aromatic nitrogens is 2. The van der Waals surface area contributed by atoms with E-state index in [2.05, 4.69) is 39.0 Å². The highest BCUT2D eigenvalue weighted by Gasteiger charge is 2.24. The van der Waals surface area contributed by atoms with E-state index in [1.54, 1.807) is 6.92 Å². The standard InChI is InChI=1S/C18H21N5O/c1-14(24)21-10-12-22(13-11-21)17-6-8-19-18(20-17)23-9-7-15-4-2-3-5-16(15)23/h2-6,8H,7,9-13H2,1H3. The Morgan fingerprint density at radius 3 is 2.62 bits per heavy atom. The molecule has 0 unspecified atom stereocenters. The average molecular weight is 323 g/mol. The predicted molar refractivity (Wildman–Crippen MR) is 93.7 cm³/mol. The van der Waals surface area contributed by atoms with E-state index in [1.165, 1.54) is 11.3 Å². The van der Waals surface area contributed by atoms with Gasteiger partial charge < -0.3 is 14.7 Å². The second kappa shape index (κ2) is 6.11. The normalized spacial score (nSPS) is 17.1. The number of amides is 1. The molecule has 0 bridgehead atoms. The van der Waals surface area contributed by atoms with Crippen LogP contribution >= 0.6 is 0 Å². The van der Waals surface area contributed by atoms with Gasteiger partial charge >= 0.3 is 0 Å². The number of hydrogen-bond donors (Lipinski definition) is 0. The van der Waals surface area contributed by atoms with Gasteiger partial charge in [0.25, 0.3) is 0 Å². The summed E-state index contributed by atoms with van der Waals surface area (Å²) in [6.07, 6.45) is 2.86. The van der Waals surface area contributed by atoms with Crippen LogP contribution in [-0.4, -0.2) is 53.5 Å². The minimum absolute atomic E-state index is 0.145. The van der Waals surface area contributed by atoms with Crippen molar-refractivity contribution in [3.05, 3.63) is 42.1 Å². The molecule has 3 heterocycles. The monoisotopic (exact) mass is 323 g/mol. The van der Waals surface area contributed by atoms with Crippen molar-refractivity contribution in [1.29, 1.82) is 0 Å². The maximum Gasteiger partial charge on any atom is 0.231 e. The fourth-order valence-corrected chi connectivity index (χ4v) is 3.44. The van der Waals surface area contributed by atoms with Gasteiger partial charge in [0, 0.05) is 51.5 Å². The van der Waals surface area contributed by atoms with Gasteiger partial charge in [-0.1, -0.05) is 18.2 Å². The maximum absolute atomic E-state index is 11.5. The zero-order chi connectivity index (χ0) is 16.5. The summed E-state index contributed by atoms with van der Waals surface area (Å²) in [5.41, 5.74) is 2.55. The lowest BCUT2D eigenvalue weighted by atomic mass is 10.2. The third-order valence-electron chi connectivity index (χ3n) is 4.81. The topological polar surface area (TPSA) is 52.6 Å². The molecule has 24 heavy (non-hydrogen) atoms. The molecule has 0 N–H and O–H groups in total. The number of para-hydroxylation sites is 1. The van der Waals surface area contributed by atoms with Crippen molar-refractivity contribution in [3.8, 4) is 0 Å². The number of hydrogen-bond acceptors (Lipinski definition) is 5. The van der Waals surface area contributed by atoms with E-state index in [9.17, 15) is 4.79 Å². The van der Waals surface area contributed by atoms with Crippen LogP contribution < -0.4 is 9.80 Å². The number of carbonyl (C=O) groups is 1. The Labute approximate surface area is 141 Å². The molecule has 1 aromatic heterocycles. The molecule has 0 saturated carbocycles. The van der Waals surface area contributed by atoms with E-state index in [1.807, 2.05) is 17.2 Å². The molecule has 1 aromatic carbocycles. The fraction of sp³-hybridized carbons (Fsp3) is 0.389. The SMILES string of the molecule is CC(=O)N1CCN(c2ccnc(N3CCc4ccccc43)n2)CC1. The summed E-state index contributed by atoms with van der Waals surface area (Å²) in [5, 5.41) is 0. The summed E-state index contributed by atoms with van der Waals surface area (Å²) in [6.45, 7) is 5.67. The van der Waals surface area contributed by atoms with Crippen LogP contribution in [0.2, 0.25) is 0 Å². The van der Waals surface area contributed by atoms with E-state index >= 15 is 0 Å². The maximum atomic E-state index is 11.5. The molecule has 0 aliphatic carbocycles.